The molecule has 3 rings (SSSR count). The van der Waals surface area contributed by atoms with Gasteiger partial charge in [0.15, 0.2) is 0 Å². The zero-order valence-electron chi connectivity index (χ0n) is 11.7. The zero-order chi connectivity index (χ0) is 15.5. The van der Waals surface area contributed by atoms with E-state index in [0.29, 0.717) is 16.7 Å². The van der Waals surface area contributed by atoms with Crippen LogP contribution in [0.2, 0.25) is 0 Å². The van der Waals surface area contributed by atoms with Gasteiger partial charge in [-0.3, -0.25) is 0 Å². The van der Waals surface area contributed by atoms with Gasteiger partial charge >= 0.3 is 0 Å². The monoisotopic (exact) mass is 314 g/mol. The van der Waals surface area contributed by atoms with Gasteiger partial charge in [-0.15, -0.1) is 11.6 Å². The van der Waals surface area contributed by atoms with E-state index in [4.69, 9.17) is 11.6 Å². The molecule has 0 nitrogen and oxygen atoms in total. The second kappa shape index (κ2) is 6.29. The molecule has 0 amide bonds. The van der Waals surface area contributed by atoms with Gasteiger partial charge in [0, 0.05) is 11.4 Å². The summed E-state index contributed by atoms with van der Waals surface area (Å²) in [6.45, 7) is 0. The Labute approximate surface area is 133 Å². The molecule has 0 fully saturated rings. The molecule has 0 aliphatic heterocycles. The van der Waals surface area contributed by atoms with Crippen LogP contribution < -0.4 is 0 Å². The molecule has 110 valence electrons. The number of benzene rings is 3. The summed E-state index contributed by atoms with van der Waals surface area (Å²) in [5, 5.41) is 0. The van der Waals surface area contributed by atoms with Gasteiger partial charge in [0.2, 0.25) is 0 Å². The van der Waals surface area contributed by atoms with Crippen molar-refractivity contribution in [2.75, 3.05) is 0 Å². The minimum atomic E-state index is -0.332. The van der Waals surface area contributed by atoms with Crippen LogP contribution in [-0.2, 0) is 5.88 Å². The minimum absolute atomic E-state index is 0.272. The van der Waals surface area contributed by atoms with Crippen molar-refractivity contribution in [1.82, 2.24) is 0 Å². The van der Waals surface area contributed by atoms with E-state index in [2.05, 4.69) is 0 Å². The van der Waals surface area contributed by atoms with E-state index in [1.54, 1.807) is 30.3 Å². The fourth-order valence-electron chi connectivity index (χ4n) is 2.60. The molecule has 0 aromatic heterocycles. The van der Waals surface area contributed by atoms with E-state index in [-0.39, 0.29) is 17.5 Å². The first kappa shape index (κ1) is 14.7. The summed E-state index contributed by atoms with van der Waals surface area (Å²) in [6, 6.07) is 18.4. The second-order valence-electron chi connectivity index (χ2n) is 4.96. The molecular formula is C19H13ClF2. The molecule has 0 saturated heterocycles. The van der Waals surface area contributed by atoms with Gasteiger partial charge in [-0.05, 0) is 40.5 Å². The van der Waals surface area contributed by atoms with E-state index >= 15 is 0 Å². The molecular weight excluding hydrogens is 302 g/mol. The first-order valence-electron chi connectivity index (χ1n) is 6.89. The number of halogens is 3. The first-order chi connectivity index (χ1) is 10.7. The van der Waals surface area contributed by atoms with Gasteiger partial charge in [-0.25, -0.2) is 8.78 Å². The lowest BCUT2D eigenvalue weighted by atomic mass is 9.91. The Morgan fingerprint density at radius 2 is 1.50 bits per heavy atom. The summed E-state index contributed by atoms with van der Waals surface area (Å²) in [5.41, 5.74) is 3.49. The summed E-state index contributed by atoms with van der Waals surface area (Å²) in [6.07, 6.45) is 0. The molecule has 0 aliphatic rings. The maximum absolute atomic E-state index is 14.2. The molecule has 0 radical (unpaired) electrons. The highest BCUT2D eigenvalue weighted by molar-refractivity contribution is 6.17. The maximum atomic E-state index is 14.2. The molecule has 0 N–H and O–H groups in total. The van der Waals surface area contributed by atoms with E-state index in [0.717, 1.165) is 11.1 Å². The van der Waals surface area contributed by atoms with Crippen molar-refractivity contribution < 1.29 is 8.78 Å². The SMILES string of the molecule is Fc1cccc(-c2c(CCl)cccc2-c2ccccc2F)c1. The lowest BCUT2D eigenvalue weighted by Crippen LogP contribution is -1.93. The molecule has 0 unspecified atom stereocenters. The van der Waals surface area contributed by atoms with Crippen molar-refractivity contribution in [2.24, 2.45) is 0 Å². The Hall–Kier alpha value is -2.19. The highest BCUT2D eigenvalue weighted by Gasteiger charge is 2.14. The summed E-state index contributed by atoms with van der Waals surface area (Å²) in [7, 11) is 0. The van der Waals surface area contributed by atoms with Crippen LogP contribution in [0.1, 0.15) is 5.56 Å². The van der Waals surface area contributed by atoms with E-state index in [9.17, 15) is 8.78 Å². The van der Waals surface area contributed by atoms with Crippen LogP contribution in [0, 0.1) is 11.6 Å². The van der Waals surface area contributed by atoms with Crippen molar-refractivity contribution in [3.8, 4) is 22.3 Å². The Balaban J connectivity index is 2.30. The summed E-state index contributed by atoms with van der Waals surface area (Å²) >= 11 is 6.03. The molecule has 0 atom stereocenters. The third kappa shape index (κ3) is 2.75. The highest BCUT2D eigenvalue weighted by Crippen LogP contribution is 2.37. The van der Waals surface area contributed by atoms with E-state index in [1.807, 2.05) is 18.2 Å². The lowest BCUT2D eigenvalue weighted by molar-refractivity contribution is 0.628. The number of alkyl halides is 1. The van der Waals surface area contributed by atoms with Crippen LogP contribution in [0.15, 0.2) is 66.7 Å². The molecule has 0 aliphatic carbocycles. The van der Waals surface area contributed by atoms with Crippen LogP contribution in [-0.4, -0.2) is 0 Å². The van der Waals surface area contributed by atoms with Crippen LogP contribution in [0.3, 0.4) is 0 Å². The minimum Gasteiger partial charge on any atom is -0.207 e. The van der Waals surface area contributed by atoms with Crippen molar-refractivity contribution >= 4 is 11.6 Å². The van der Waals surface area contributed by atoms with Crippen LogP contribution >= 0.6 is 11.6 Å². The van der Waals surface area contributed by atoms with Crippen molar-refractivity contribution in [2.45, 2.75) is 5.88 Å². The van der Waals surface area contributed by atoms with E-state index < -0.39 is 0 Å². The van der Waals surface area contributed by atoms with Gasteiger partial charge in [-0.2, -0.15) is 0 Å². The average Bonchev–Trinajstić information content (AvgIpc) is 2.54. The Morgan fingerprint density at radius 1 is 0.773 bits per heavy atom. The molecule has 3 heteroatoms. The summed E-state index contributed by atoms with van der Waals surface area (Å²) in [4.78, 5) is 0. The largest absolute Gasteiger partial charge is 0.207 e. The topological polar surface area (TPSA) is 0 Å². The number of rotatable bonds is 3. The molecule has 0 spiro atoms. The normalized spacial score (nSPS) is 10.7. The van der Waals surface area contributed by atoms with Crippen LogP contribution in [0.5, 0.6) is 0 Å². The van der Waals surface area contributed by atoms with Gasteiger partial charge in [0.1, 0.15) is 11.6 Å². The molecule has 0 bridgehead atoms. The molecule has 0 heterocycles. The van der Waals surface area contributed by atoms with Crippen LogP contribution in [0.4, 0.5) is 8.78 Å². The Morgan fingerprint density at radius 3 is 2.23 bits per heavy atom. The number of hydrogen-bond donors (Lipinski definition) is 0. The summed E-state index contributed by atoms with van der Waals surface area (Å²) < 4.78 is 27.8. The molecule has 22 heavy (non-hydrogen) atoms. The van der Waals surface area contributed by atoms with Crippen molar-refractivity contribution in [3.05, 3.63) is 83.9 Å². The summed E-state index contributed by atoms with van der Waals surface area (Å²) in [5.74, 6) is -0.373. The van der Waals surface area contributed by atoms with Gasteiger partial charge in [-0.1, -0.05) is 48.5 Å². The third-order valence-electron chi connectivity index (χ3n) is 3.57. The molecule has 3 aromatic rings. The second-order valence-corrected chi connectivity index (χ2v) is 5.23. The zero-order valence-corrected chi connectivity index (χ0v) is 12.4. The lowest BCUT2D eigenvalue weighted by Gasteiger charge is -2.15. The van der Waals surface area contributed by atoms with E-state index in [1.165, 1.54) is 18.2 Å². The molecule has 3 aromatic carbocycles. The first-order valence-corrected chi connectivity index (χ1v) is 7.43. The number of hydrogen-bond acceptors (Lipinski definition) is 0. The van der Waals surface area contributed by atoms with Gasteiger partial charge in [0.25, 0.3) is 0 Å². The van der Waals surface area contributed by atoms with Gasteiger partial charge in [0.05, 0.1) is 0 Å². The predicted molar refractivity (Wildman–Crippen MR) is 86.8 cm³/mol. The smallest absolute Gasteiger partial charge is 0.131 e. The van der Waals surface area contributed by atoms with Crippen LogP contribution in [0.25, 0.3) is 22.3 Å². The third-order valence-corrected chi connectivity index (χ3v) is 3.86. The highest BCUT2D eigenvalue weighted by atomic mass is 35.5. The van der Waals surface area contributed by atoms with Crippen molar-refractivity contribution in [1.29, 1.82) is 0 Å². The maximum Gasteiger partial charge on any atom is 0.131 e. The van der Waals surface area contributed by atoms with Crippen molar-refractivity contribution in [3.63, 3.8) is 0 Å². The predicted octanol–water partition coefficient (Wildman–Crippen LogP) is 6.04. The molecule has 0 saturated carbocycles. The Bertz CT molecular complexity index is 812. The quantitative estimate of drug-likeness (QED) is 0.517. The fraction of sp³-hybridized carbons (Fsp3) is 0.0526. The van der Waals surface area contributed by atoms with Gasteiger partial charge < -0.3 is 0 Å². The average molecular weight is 315 g/mol. The Kier molecular flexibility index (Phi) is 4.21. The standard InChI is InChI=1S/C19H13ClF2/c20-12-14-6-4-9-17(16-8-1-2-10-18(16)22)19(14)13-5-3-7-15(21)11-13/h1-11H,12H2. The fourth-order valence-corrected chi connectivity index (χ4v) is 2.82.